The Labute approximate surface area is 144 Å². The second-order valence-corrected chi connectivity index (χ2v) is 5.67. The van der Waals surface area contributed by atoms with Gasteiger partial charge in [-0.25, -0.2) is 0 Å². The van der Waals surface area contributed by atoms with Gasteiger partial charge in [0, 0.05) is 24.4 Å². The Morgan fingerprint density at radius 1 is 1.35 bits per heavy atom. The maximum atomic E-state index is 4.38. The highest BCUT2D eigenvalue weighted by molar-refractivity contribution is 5.89. The van der Waals surface area contributed by atoms with E-state index in [1.807, 2.05) is 46.0 Å². The molecule has 1 rings (SSSR count). The van der Waals surface area contributed by atoms with Crippen molar-refractivity contribution in [1.82, 2.24) is 0 Å². The molecule has 0 saturated carbocycles. The van der Waals surface area contributed by atoms with Crippen LogP contribution in [0.1, 0.15) is 61.9 Å². The number of aliphatic imine (C=N–C) groups is 1. The van der Waals surface area contributed by atoms with Gasteiger partial charge in [-0.3, -0.25) is 4.99 Å². The number of hydrogen-bond acceptors (Lipinski definition) is 2. The van der Waals surface area contributed by atoms with E-state index in [9.17, 15) is 0 Å². The van der Waals surface area contributed by atoms with E-state index >= 15 is 0 Å². The van der Waals surface area contributed by atoms with Gasteiger partial charge in [0.2, 0.25) is 0 Å². The number of benzene rings is 1. The molecule has 0 spiro atoms. The lowest BCUT2D eigenvalue weighted by Crippen LogP contribution is -2.23. The quantitative estimate of drug-likeness (QED) is 0.444. The van der Waals surface area contributed by atoms with E-state index in [-0.39, 0.29) is 12.9 Å². The molecule has 130 valence electrons. The van der Waals surface area contributed by atoms with Crippen LogP contribution in [0.2, 0.25) is 0 Å². The van der Waals surface area contributed by atoms with E-state index in [0.717, 1.165) is 17.8 Å². The van der Waals surface area contributed by atoms with Gasteiger partial charge in [0.1, 0.15) is 0 Å². The highest BCUT2D eigenvalue weighted by atomic mass is 14.9. The zero-order chi connectivity index (χ0) is 17.9. The van der Waals surface area contributed by atoms with Gasteiger partial charge in [-0.15, -0.1) is 6.58 Å². The summed E-state index contributed by atoms with van der Waals surface area (Å²) in [5.41, 5.74) is 3.54. The predicted molar refractivity (Wildman–Crippen MR) is 109 cm³/mol. The summed E-state index contributed by atoms with van der Waals surface area (Å²) < 4.78 is 0. The van der Waals surface area contributed by atoms with Crippen LogP contribution in [0.5, 0.6) is 0 Å². The topological polar surface area (TPSA) is 24.4 Å². The molecule has 0 aliphatic rings. The van der Waals surface area contributed by atoms with Crippen molar-refractivity contribution in [2.75, 3.05) is 5.32 Å². The highest BCUT2D eigenvalue weighted by Gasteiger charge is 2.20. The third-order valence-corrected chi connectivity index (χ3v) is 4.17. The lowest BCUT2D eigenvalue weighted by Gasteiger charge is -2.25. The molecule has 0 aromatic heterocycles. The fourth-order valence-electron chi connectivity index (χ4n) is 2.07. The molecule has 0 aliphatic carbocycles. The first-order chi connectivity index (χ1) is 11.0. The minimum absolute atomic E-state index is 0. The van der Waals surface area contributed by atoms with Crippen molar-refractivity contribution in [3.63, 3.8) is 0 Å². The lowest BCUT2D eigenvalue weighted by atomic mass is 9.80. The summed E-state index contributed by atoms with van der Waals surface area (Å²) in [4.78, 5) is 4.38. The average Bonchev–Trinajstić information content (AvgIpc) is 2.61. The third kappa shape index (κ3) is 6.43. The van der Waals surface area contributed by atoms with Crippen LogP contribution in [0.4, 0.5) is 5.69 Å². The maximum absolute atomic E-state index is 4.38. The molecule has 0 bridgehead atoms. The fourth-order valence-corrected chi connectivity index (χ4v) is 2.07. The number of nitrogens with zero attached hydrogens (tertiary/aromatic N) is 1. The standard InChI is InChI=1S/C19H28N2.C2H6.H2/c1-7-14-20-15(4)16(5)21-18-12-10-17(11-13-18)19(6,8-2)9-3;1-2;/h7-8,10-14,16,21H,2,9H2,1,3-6H3;1-2H3;1H/b14-7-,20-15?;;. The van der Waals surface area contributed by atoms with E-state index in [2.05, 4.69) is 61.9 Å². The number of allylic oxidation sites excluding steroid dienone is 2. The van der Waals surface area contributed by atoms with Crippen molar-refractivity contribution in [3.8, 4) is 0 Å². The number of anilines is 1. The Hall–Kier alpha value is -1.83. The first kappa shape index (κ1) is 21.2. The first-order valence-electron chi connectivity index (χ1n) is 8.63. The van der Waals surface area contributed by atoms with Gasteiger partial charge in [0.15, 0.2) is 0 Å². The zero-order valence-electron chi connectivity index (χ0n) is 16.0. The number of rotatable bonds is 7. The van der Waals surface area contributed by atoms with Crippen molar-refractivity contribution in [1.29, 1.82) is 0 Å². The largest absolute Gasteiger partial charge is 0.377 e. The molecule has 1 N–H and O–H groups in total. The van der Waals surface area contributed by atoms with Gasteiger partial charge < -0.3 is 5.32 Å². The first-order valence-corrected chi connectivity index (χ1v) is 8.63. The Morgan fingerprint density at radius 2 is 1.91 bits per heavy atom. The van der Waals surface area contributed by atoms with Crippen LogP contribution < -0.4 is 5.32 Å². The SMILES string of the molecule is C=CC(C)(CC)c1ccc(NC(C)C(C)=N/C=C\C)cc1.CC.[HH]. The van der Waals surface area contributed by atoms with E-state index in [0.29, 0.717) is 0 Å². The Bertz CT molecular complexity index is 517. The summed E-state index contributed by atoms with van der Waals surface area (Å²) in [5, 5.41) is 3.47. The van der Waals surface area contributed by atoms with Crippen LogP contribution in [0.25, 0.3) is 0 Å². The van der Waals surface area contributed by atoms with E-state index in [1.165, 1.54) is 5.56 Å². The van der Waals surface area contributed by atoms with Crippen molar-refractivity contribution in [3.05, 3.63) is 54.8 Å². The monoisotopic (exact) mass is 316 g/mol. The zero-order valence-corrected chi connectivity index (χ0v) is 16.0. The van der Waals surface area contributed by atoms with E-state index in [1.54, 1.807) is 0 Å². The van der Waals surface area contributed by atoms with Crippen LogP contribution in [-0.4, -0.2) is 11.8 Å². The van der Waals surface area contributed by atoms with Gasteiger partial charge in [-0.05, 0) is 44.9 Å². The summed E-state index contributed by atoms with van der Waals surface area (Å²) in [6, 6.07) is 8.83. The fraction of sp³-hybridized carbons (Fsp3) is 0.476. The molecule has 1 aromatic rings. The van der Waals surface area contributed by atoms with Gasteiger partial charge in [0.25, 0.3) is 0 Å². The van der Waals surface area contributed by atoms with Crippen LogP contribution in [0, 0.1) is 0 Å². The number of hydrogen-bond donors (Lipinski definition) is 1. The predicted octanol–water partition coefficient (Wildman–Crippen LogP) is 6.61. The molecule has 2 nitrogen and oxygen atoms in total. The molecule has 0 saturated heterocycles. The average molecular weight is 317 g/mol. The normalized spacial score (nSPS) is 15.3. The van der Waals surface area contributed by atoms with Gasteiger partial charge >= 0.3 is 0 Å². The van der Waals surface area contributed by atoms with Gasteiger partial charge in [0.05, 0.1) is 6.04 Å². The van der Waals surface area contributed by atoms with Crippen LogP contribution in [0.3, 0.4) is 0 Å². The molecule has 0 heterocycles. The maximum Gasteiger partial charge on any atom is 0.0615 e. The summed E-state index contributed by atoms with van der Waals surface area (Å²) in [7, 11) is 0. The van der Waals surface area contributed by atoms with E-state index in [4.69, 9.17) is 0 Å². The molecule has 2 atom stereocenters. The van der Waals surface area contributed by atoms with Crippen molar-refractivity contribution in [2.45, 2.75) is 66.3 Å². The second kappa shape index (κ2) is 10.8. The molecule has 0 radical (unpaired) electrons. The van der Waals surface area contributed by atoms with Crippen molar-refractivity contribution >= 4 is 11.4 Å². The summed E-state index contributed by atoms with van der Waals surface area (Å²) in [6.45, 7) is 18.5. The minimum Gasteiger partial charge on any atom is -0.377 e. The van der Waals surface area contributed by atoms with Crippen LogP contribution in [0.15, 0.2) is 54.2 Å². The summed E-state index contributed by atoms with van der Waals surface area (Å²) >= 11 is 0. The molecule has 0 aliphatic heterocycles. The van der Waals surface area contributed by atoms with Gasteiger partial charge in [-0.1, -0.05) is 52.0 Å². The molecule has 2 heteroatoms. The molecular formula is C21H36N2. The smallest absolute Gasteiger partial charge is 0.0615 e. The van der Waals surface area contributed by atoms with E-state index < -0.39 is 0 Å². The summed E-state index contributed by atoms with van der Waals surface area (Å²) in [5.74, 6) is 0. The Kier molecular flexibility index (Phi) is 9.96. The van der Waals surface area contributed by atoms with Crippen molar-refractivity contribution in [2.24, 2.45) is 4.99 Å². The van der Waals surface area contributed by atoms with Crippen LogP contribution >= 0.6 is 0 Å². The second-order valence-electron chi connectivity index (χ2n) is 5.67. The van der Waals surface area contributed by atoms with Gasteiger partial charge in [-0.2, -0.15) is 0 Å². The molecule has 1 aromatic carbocycles. The van der Waals surface area contributed by atoms with Crippen LogP contribution in [-0.2, 0) is 5.41 Å². The highest BCUT2D eigenvalue weighted by Crippen LogP contribution is 2.29. The Morgan fingerprint density at radius 3 is 2.35 bits per heavy atom. The molecule has 0 fully saturated rings. The third-order valence-electron chi connectivity index (χ3n) is 4.17. The van der Waals surface area contributed by atoms with Crippen molar-refractivity contribution < 1.29 is 1.43 Å². The Balaban J connectivity index is 0. The molecule has 23 heavy (non-hydrogen) atoms. The molecule has 0 amide bonds. The minimum atomic E-state index is 0. The lowest BCUT2D eigenvalue weighted by molar-refractivity contribution is 0.574. The molecule has 2 unspecified atom stereocenters. The summed E-state index contributed by atoms with van der Waals surface area (Å²) in [6.07, 6.45) is 6.85. The molecular weight excluding hydrogens is 280 g/mol. The number of nitrogens with one attached hydrogen (secondary N) is 1.